The van der Waals surface area contributed by atoms with Gasteiger partial charge in [0.2, 0.25) is 5.95 Å². The fraction of sp³-hybridized carbons (Fsp3) is 0.421. The largest absolute Gasteiger partial charge is 0.387 e. The van der Waals surface area contributed by atoms with Crippen LogP contribution in [0.1, 0.15) is 11.7 Å². The first kappa shape index (κ1) is 18.5. The van der Waals surface area contributed by atoms with Crippen molar-refractivity contribution in [2.75, 3.05) is 31.1 Å². The summed E-state index contributed by atoms with van der Waals surface area (Å²) in [5.74, 6) is 0.622. The van der Waals surface area contributed by atoms with E-state index in [4.69, 9.17) is 0 Å². The second kappa shape index (κ2) is 7.25. The predicted molar refractivity (Wildman–Crippen MR) is 105 cm³/mol. The fourth-order valence-electron chi connectivity index (χ4n) is 3.75. The zero-order chi connectivity index (χ0) is 19.8. The Balaban J connectivity index is 1.90. The second-order valence-corrected chi connectivity index (χ2v) is 7.18. The molecule has 3 N–H and O–H groups in total. The molecule has 0 radical (unpaired) electrons. The van der Waals surface area contributed by atoms with Crippen LogP contribution in [-0.4, -0.2) is 50.0 Å². The Hall–Kier alpha value is -2.91. The molecule has 4 rings (SSSR count). The molecule has 1 aromatic carbocycles. The number of fused-ring (bicyclic) bond motifs is 1. The van der Waals surface area contributed by atoms with Gasteiger partial charge in [0.25, 0.3) is 5.56 Å². The first-order valence-corrected chi connectivity index (χ1v) is 9.45. The van der Waals surface area contributed by atoms with E-state index in [1.807, 2.05) is 30.3 Å². The normalized spacial score (nSPS) is 15.9. The predicted octanol–water partition coefficient (Wildman–Crippen LogP) is -1.45. The number of anilines is 1. The summed E-state index contributed by atoms with van der Waals surface area (Å²) in [6.07, 6.45) is -0.796. The average Bonchev–Trinajstić information content (AvgIpc) is 3.11. The van der Waals surface area contributed by atoms with Crippen LogP contribution in [0.3, 0.4) is 0 Å². The summed E-state index contributed by atoms with van der Waals surface area (Å²) in [5, 5.41) is 13.0. The third-order valence-corrected chi connectivity index (χ3v) is 5.36. The van der Waals surface area contributed by atoms with Crippen molar-refractivity contribution in [2.45, 2.75) is 12.6 Å². The van der Waals surface area contributed by atoms with E-state index < -0.39 is 17.4 Å². The van der Waals surface area contributed by atoms with Gasteiger partial charge < -0.3 is 19.9 Å². The van der Waals surface area contributed by atoms with Gasteiger partial charge in [-0.25, -0.2) is 4.79 Å². The number of hydrogen-bond donors (Lipinski definition) is 2. The van der Waals surface area contributed by atoms with E-state index in [9.17, 15) is 14.7 Å². The maximum absolute atomic E-state index is 12.9. The van der Waals surface area contributed by atoms with E-state index in [1.165, 1.54) is 11.6 Å². The zero-order valence-electron chi connectivity index (χ0n) is 16.1. The molecular weight excluding hydrogens is 360 g/mol. The number of nitrogens with zero attached hydrogens (tertiary/aromatic N) is 5. The number of nitrogens with two attached hydrogens (primary N) is 1. The number of quaternary nitrogens is 1. The van der Waals surface area contributed by atoms with Crippen molar-refractivity contribution < 1.29 is 10.4 Å². The minimum atomic E-state index is -0.796. The van der Waals surface area contributed by atoms with Gasteiger partial charge in [0.05, 0.1) is 38.8 Å². The van der Waals surface area contributed by atoms with Crippen LogP contribution in [-0.2, 0) is 20.6 Å². The van der Waals surface area contributed by atoms with Crippen LogP contribution in [0.4, 0.5) is 5.95 Å². The molecule has 3 heterocycles. The molecule has 0 saturated carbocycles. The number of hydrogen-bond acceptors (Lipinski definition) is 5. The molecule has 1 atom stereocenters. The molecule has 9 heteroatoms. The lowest BCUT2D eigenvalue weighted by Gasteiger charge is -2.27. The van der Waals surface area contributed by atoms with Crippen LogP contribution >= 0.6 is 0 Å². The Morgan fingerprint density at radius 3 is 2.46 bits per heavy atom. The number of rotatable bonds is 4. The summed E-state index contributed by atoms with van der Waals surface area (Å²) in [6, 6.07) is 9.34. The first-order chi connectivity index (χ1) is 13.5. The first-order valence-electron chi connectivity index (χ1n) is 9.45. The molecule has 0 bridgehead atoms. The fourth-order valence-corrected chi connectivity index (χ4v) is 3.75. The Kier molecular flexibility index (Phi) is 4.78. The van der Waals surface area contributed by atoms with Gasteiger partial charge in [-0.2, -0.15) is 4.98 Å². The van der Waals surface area contributed by atoms with Crippen molar-refractivity contribution in [3.63, 3.8) is 0 Å². The number of aliphatic hydroxyl groups is 1. The molecule has 1 saturated heterocycles. The van der Waals surface area contributed by atoms with Gasteiger partial charge in [-0.15, -0.1) is 0 Å². The van der Waals surface area contributed by atoms with Gasteiger partial charge in [-0.05, 0) is 5.56 Å². The van der Waals surface area contributed by atoms with E-state index >= 15 is 0 Å². The lowest BCUT2D eigenvalue weighted by molar-refractivity contribution is -0.655. The Morgan fingerprint density at radius 2 is 1.79 bits per heavy atom. The maximum atomic E-state index is 12.9. The van der Waals surface area contributed by atoms with Crippen LogP contribution < -0.4 is 21.5 Å². The molecule has 1 aliphatic rings. The molecule has 9 nitrogen and oxygen atoms in total. The topological polar surface area (TPSA) is 102 Å². The van der Waals surface area contributed by atoms with Gasteiger partial charge in [-0.3, -0.25) is 13.9 Å². The number of imidazole rings is 1. The summed E-state index contributed by atoms with van der Waals surface area (Å²) in [6.45, 7) is 3.63. The number of aliphatic hydroxyl groups excluding tert-OH is 1. The highest BCUT2D eigenvalue weighted by atomic mass is 16.3. The molecule has 28 heavy (non-hydrogen) atoms. The quantitative estimate of drug-likeness (QED) is 0.572. The minimum absolute atomic E-state index is 0.184. The third kappa shape index (κ3) is 3.02. The highest BCUT2D eigenvalue weighted by Crippen LogP contribution is 2.24. The number of aromatic nitrogens is 4. The third-order valence-electron chi connectivity index (χ3n) is 5.36. The van der Waals surface area contributed by atoms with E-state index in [0.717, 1.165) is 36.3 Å². The lowest BCUT2D eigenvalue weighted by Crippen LogP contribution is -2.89. The van der Waals surface area contributed by atoms with E-state index in [2.05, 4.69) is 15.2 Å². The van der Waals surface area contributed by atoms with Crippen molar-refractivity contribution in [3.8, 4) is 0 Å². The second-order valence-electron chi connectivity index (χ2n) is 7.18. The van der Waals surface area contributed by atoms with Crippen LogP contribution in [0.2, 0.25) is 0 Å². The standard InChI is InChI=1S/C19H24N6O3/c1-22-16-15(17(27)23(2)19(22)28)25(12-14(26)13-6-4-3-5-7-13)18(21-16)24-10-8-20-9-11-24/h3-7,14,20,26H,8-12H2,1-2H3/p+1/t14-/m0/s1. The van der Waals surface area contributed by atoms with Crippen molar-refractivity contribution >= 4 is 17.1 Å². The van der Waals surface area contributed by atoms with E-state index in [-0.39, 0.29) is 6.54 Å². The van der Waals surface area contributed by atoms with Crippen molar-refractivity contribution in [3.05, 3.63) is 56.7 Å². The van der Waals surface area contributed by atoms with Crippen LogP contribution in [0.25, 0.3) is 11.2 Å². The van der Waals surface area contributed by atoms with Gasteiger partial charge >= 0.3 is 5.69 Å². The summed E-state index contributed by atoms with van der Waals surface area (Å²) >= 11 is 0. The van der Waals surface area contributed by atoms with Crippen molar-refractivity contribution in [1.82, 2.24) is 18.7 Å². The van der Waals surface area contributed by atoms with Crippen molar-refractivity contribution in [2.24, 2.45) is 14.1 Å². The molecule has 148 valence electrons. The van der Waals surface area contributed by atoms with E-state index in [1.54, 1.807) is 11.6 Å². The molecule has 0 amide bonds. The van der Waals surface area contributed by atoms with Crippen LogP contribution in [0, 0.1) is 0 Å². The maximum Gasteiger partial charge on any atom is 0.332 e. The minimum Gasteiger partial charge on any atom is -0.387 e. The number of aryl methyl sites for hydroxylation is 1. The molecule has 0 aliphatic carbocycles. The molecule has 0 spiro atoms. The number of benzene rings is 1. The van der Waals surface area contributed by atoms with Gasteiger partial charge in [0.15, 0.2) is 11.2 Å². The molecule has 0 unspecified atom stereocenters. The molecule has 3 aromatic rings. The molecular formula is C19H25N6O3+. The Morgan fingerprint density at radius 1 is 1.11 bits per heavy atom. The lowest BCUT2D eigenvalue weighted by atomic mass is 10.1. The summed E-state index contributed by atoms with van der Waals surface area (Å²) in [4.78, 5) is 32.0. The van der Waals surface area contributed by atoms with Crippen LogP contribution in [0.15, 0.2) is 39.9 Å². The smallest absolute Gasteiger partial charge is 0.332 e. The Labute approximate surface area is 161 Å². The summed E-state index contributed by atoms with van der Waals surface area (Å²) in [7, 11) is 3.08. The molecule has 1 aliphatic heterocycles. The highest BCUT2D eigenvalue weighted by Gasteiger charge is 2.26. The zero-order valence-corrected chi connectivity index (χ0v) is 16.1. The van der Waals surface area contributed by atoms with Crippen molar-refractivity contribution in [1.29, 1.82) is 0 Å². The Bertz CT molecular complexity index is 1110. The number of piperazine rings is 1. The molecule has 1 fully saturated rings. The monoisotopic (exact) mass is 385 g/mol. The molecule has 2 aromatic heterocycles. The summed E-state index contributed by atoms with van der Waals surface area (Å²) in [5.41, 5.74) is 0.635. The average molecular weight is 385 g/mol. The van der Waals surface area contributed by atoms with Crippen LogP contribution in [0.5, 0.6) is 0 Å². The van der Waals surface area contributed by atoms with Gasteiger partial charge in [-0.1, -0.05) is 30.3 Å². The van der Waals surface area contributed by atoms with Gasteiger partial charge in [0.1, 0.15) is 0 Å². The highest BCUT2D eigenvalue weighted by molar-refractivity contribution is 5.74. The van der Waals surface area contributed by atoms with E-state index in [0.29, 0.717) is 17.1 Å². The van der Waals surface area contributed by atoms with Gasteiger partial charge in [0, 0.05) is 14.1 Å². The SMILES string of the molecule is Cn1c(=O)c2c(nc(N3CC[NH2+]CC3)n2C[C@H](O)c2ccccc2)n(C)c1=O. The summed E-state index contributed by atoms with van der Waals surface area (Å²) < 4.78 is 4.24.